The number of benzene rings is 3. The van der Waals surface area contributed by atoms with Crippen LogP contribution >= 0.6 is 23.2 Å². The van der Waals surface area contributed by atoms with Gasteiger partial charge in [-0.2, -0.15) is 0 Å². The van der Waals surface area contributed by atoms with Gasteiger partial charge in [0.25, 0.3) is 10.0 Å². The topological polar surface area (TPSA) is 96.0 Å². The van der Waals surface area contributed by atoms with Gasteiger partial charge in [0.15, 0.2) is 0 Å². The maximum absolute atomic E-state index is 14.2. The molecule has 226 valence electrons. The van der Waals surface area contributed by atoms with Gasteiger partial charge in [-0.1, -0.05) is 66.9 Å². The third-order valence-corrected chi connectivity index (χ3v) is 9.50. The minimum absolute atomic E-state index is 0.0194. The third-order valence-electron chi connectivity index (χ3n) is 7.01. The van der Waals surface area contributed by atoms with Gasteiger partial charge >= 0.3 is 0 Å². The minimum atomic E-state index is -4.21. The molecular formula is C31H37Cl2N3O5S. The maximum atomic E-state index is 14.2. The van der Waals surface area contributed by atoms with Gasteiger partial charge in [0.05, 0.1) is 17.7 Å². The molecule has 0 aliphatic rings. The molecule has 0 fully saturated rings. The summed E-state index contributed by atoms with van der Waals surface area (Å²) in [6, 6.07) is 16.8. The van der Waals surface area contributed by atoms with E-state index in [1.807, 2.05) is 20.8 Å². The van der Waals surface area contributed by atoms with Crippen molar-refractivity contribution in [1.82, 2.24) is 10.2 Å². The molecule has 1 N–H and O–H groups in total. The molecule has 42 heavy (non-hydrogen) atoms. The summed E-state index contributed by atoms with van der Waals surface area (Å²) < 4.78 is 34.4. The summed E-state index contributed by atoms with van der Waals surface area (Å²) in [6.07, 6.45) is 0.977. The molecule has 0 aromatic heterocycles. The highest BCUT2D eigenvalue weighted by atomic mass is 35.5. The lowest BCUT2D eigenvalue weighted by molar-refractivity contribution is -0.140. The number of carbonyl (C=O) groups excluding carboxylic acids is 2. The second-order valence-electron chi connectivity index (χ2n) is 9.99. The van der Waals surface area contributed by atoms with Gasteiger partial charge in [-0.15, -0.1) is 0 Å². The van der Waals surface area contributed by atoms with Gasteiger partial charge in [-0.3, -0.25) is 13.9 Å². The molecule has 0 bridgehead atoms. The number of nitrogens with one attached hydrogen (secondary N) is 1. The first-order valence-corrected chi connectivity index (χ1v) is 15.9. The van der Waals surface area contributed by atoms with Crippen molar-refractivity contribution in [2.24, 2.45) is 0 Å². The van der Waals surface area contributed by atoms with E-state index >= 15 is 0 Å². The molecule has 3 aromatic carbocycles. The molecule has 0 heterocycles. The quantitative estimate of drug-likeness (QED) is 0.241. The minimum Gasteiger partial charge on any atom is -0.497 e. The summed E-state index contributed by atoms with van der Waals surface area (Å²) >= 11 is 12.9. The van der Waals surface area contributed by atoms with Crippen molar-refractivity contribution < 1.29 is 22.7 Å². The van der Waals surface area contributed by atoms with E-state index in [9.17, 15) is 18.0 Å². The van der Waals surface area contributed by atoms with Crippen molar-refractivity contribution in [3.8, 4) is 5.75 Å². The van der Waals surface area contributed by atoms with Crippen molar-refractivity contribution in [2.45, 2.75) is 64.1 Å². The molecule has 0 radical (unpaired) electrons. The standard InChI is InChI=1S/C31H37Cl2N3O5S/c1-6-22(4)34-31(38)29(7-2)35(19-26-27(32)12-9-13-28(26)33)30(37)20-36(23-10-8-11-24(18-23)41-5)42(39,40)25-16-14-21(3)15-17-25/h8-18,22,29H,6-7,19-20H2,1-5H3,(H,34,38). The second kappa shape index (κ2) is 14.8. The Hall–Kier alpha value is -3.27. The number of ether oxygens (including phenoxy) is 1. The summed E-state index contributed by atoms with van der Waals surface area (Å²) in [7, 11) is -2.74. The Kier molecular flexibility index (Phi) is 11.7. The van der Waals surface area contributed by atoms with Crippen LogP contribution in [0.15, 0.2) is 71.6 Å². The van der Waals surface area contributed by atoms with Gasteiger partial charge < -0.3 is 15.0 Å². The average molecular weight is 635 g/mol. The zero-order valence-electron chi connectivity index (χ0n) is 24.4. The Morgan fingerprint density at radius 2 is 1.57 bits per heavy atom. The molecule has 0 saturated carbocycles. The molecule has 11 heteroatoms. The number of methoxy groups -OCH3 is 1. The summed E-state index contributed by atoms with van der Waals surface area (Å²) in [5, 5.41) is 3.60. The predicted octanol–water partition coefficient (Wildman–Crippen LogP) is 6.23. The van der Waals surface area contributed by atoms with Crippen molar-refractivity contribution in [2.75, 3.05) is 18.0 Å². The summed E-state index contributed by atoms with van der Waals surface area (Å²) in [4.78, 5) is 29.0. The predicted molar refractivity (Wildman–Crippen MR) is 168 cm³/mol. The van der Waals surface area contributed by atoms with Crippen molar-refractivity contribution in [1.29, 1.82) is 0 Å². The highest BCUT2D eigenvalue weighted by Gasteiger charge is 2.34. The van der Waals surface area contributed by atoms with E-state index in [1.54, 1.807) is 61.5 Å². The van der Waals surface area contributed by atoms with E-state index in [1.165, 1.54) is 24.1 Å². The van der Waals surface area contributed by atoms with E-state index in [0.717, 1.165) is 9.87 Å². The molecule has 2 atom stereocenters. The molecule has 2 unspecified atom stereocenters. The van der Waals surface area contributed by atoms with E-state index < -0.39 is 28.5 Å². The summed E-state index contributed by atoms with van der Waals surface area (Å²) in [5.41, 5.74) is 1.58. The van der Waals surface area contributed by atoms with E-state index in [2.05, 4.69) is 5.32 Å². The largest absolute Gasteiger partial charge is 0.497 e. The number of amides is 2. The van der Waals surface area contributed by atoms with Crippen LogP contribution in [-0.4, -0.2) is 50.9 Å². The number of sulfonamides is 1. The Labute approximate surface area is 258 Å². The number of anilines is 1. The van der Waals surface area contributed by atoms with Gasteiger partial charge in [0.1, 0.15) is 18.3 Å². The highest BCUT2D eigenvalue weighted by molar-refractivity contribution is 7.92. The number of halogens is 2. The zero-order chi connectivity index (χ0) is 31.0. The fourth-order valence-corrected chi connectivity index (χ4v) is 6.27. The van der Waals surface area contributed by atoms with Crippen molar-refractivity contribution >= 4 is 50.7 Å². The normalized spacial score (nSPS) is 12.7. The molecule has 2 amide bonds. The van der Waals surface area contributed by atoms with Gasteiger partial charge in [0.2, 0.25) is 11.8 Å². The fraction of sp³-hybridized carbons (Fsp3) is 0.355. The van der Waals surface area contributed by atoms with Gasteiger partial charge in [-0.25, -0.2) is 8.42 Å². The lowest BCUT2D eigenvalue weighted by atomic mass is 10.1. The number of aryl methyl sites for hydroxylation is 1. The summed E-state index contributed by atoms with van der Waals surface area (Å²) in [6.45, 7) is 6.78. The average Bonchev–Trinajstić information content (AvgIpc) is 2.97. The first-order chi connectivity index (χ1) is 19.9. The number of hydrogen-bond acceptors (Lipinski definition) is 5. The first kappa shape index (κ1) is 33.2. The second-order valence-corrected chi connectivity index (χ2v) is 12.7. The van der Waals surface area contributed by atoms with Crippen molar-refractivity contribution in [3.05, 3.63) is 87.9 Å². The van der Waals surface area contributed by atoms with Crippen molar-refractivity contribution in [3.63, 3.8) is 0 Å². The number of hydrogen-bond donors (Lipinski definition) is 1. The van der Waals surface area contributed by atoms with Crippen LogP contribution in [-0.2, 0) is 26.2 Å². The molecule has 0 aliphatic heterocycles. The van der Waals surface area contributed by atoms with Crippen LogP contribution in [0.1, 0.15) is 44.7 Å². The molecule has 8 nitrogen and oxygen atoms in total. The Morgan fingerprint density at radius 3 is 2.14 bits per heavy atom. The lowest BCUT2D eigenvalue weighted by Crippen LogP contribution is -2.53. The molecule has 3 aromatic rings. The number of carbonyl (C=O) groups is 2. The Balaban J connectivity index is 2.12. The number of nitrogens with zero attached hydrogens (tertiary/aromatic N) is 2. The van der Waals surface area contributed by atoms with Crippen LogP contribution in [0.4, 0.5) is 5.69 Å². The maximum Gasteiger partial charge on any atom is 0.264 e. The molecule has 0 saturated heterocycles. The van der Waals surface area contributed by atoms with Crippen LogP contribution in [0.2, 0.25) is 10.0 Å². The summed E-state index contributed by atoms with van der Waals surface area (Å²) in [5.74, 6) is -0.531. The Bertz CT molecular complexity index is 1480. The van der Waals surface area contributed by atoms with Crippen LogP contribution in [0.3, 0.4) is 0 Å². The molecule has 3 rings (SSSR count). The smallest absolute Gasteiger partial charge is 0.264 e. The van der Waals surface area contributed by atoms with E-state index in [-0.39, 0.29) is 35.5 Å². The Morgan fingerprint density at radius 1 is 0.952 bits per heavy atom. The van der Waals surface area contributed by atoms with E-state index in [0.29, 0.717) is 27.8 Å². The van der Waals surface area contributed by atoms with E-state index in [4.69, 9.17) is 27.9 Å². The lowest BCUT2D eigenvalue weighted by Gasteiger charge is -2.34. The SMILES string of the molecule is CCC(C)NC(=O)C(CC)N(Cc1c(Cl)cccc1Cl)C(=O)CN(c1cccc(OC)c1)S(=O)(=O)c1ccc(C)cc1. The first-order valence-electron chi connectivity index (χ1n) is 13.7. The third kappa shape index (κ3) is 7.96. The molecular weight excluding hydrogens is 597 g/mol. The monoisotopic (exact) mass is 633 g/mol. The van der Waals surface area contributed by atoms with Crippen LogP contribution < -0.4 is 14.4 Å². The van der Waals surface area contributed by atoms with Gasteiger partial charge in [0, 0.05) is 34.3 Å². The van der Waals surface area contributed by atoms with Crippen LogP contribution in [0.25, 0.3) is 0 Å². The zero-order valence-corrected chi connectivity index (χ0v) is 26.8. The molecule has 0 spiro atoms. The van der Waals surface area contributed by atoms with Gasteiger partial charge in [-0.05, 0) is 63.1 Å². The highest BCUT2D eigenvalue weighted by Crippen LogP contribution is 2.30. The molecule has 0 aliphatic carbocycles. The number of rotatable bonds is 13. The van der Waals surface area contributed by atoms with Crippen LogP contribution in [0, 0.1) is 6.92 Å². The van der Waals surface area contributed by atoms with Crippen LogP contribution in [0.5, 0.6) is 5.75 Å². The fourth-order valence-electron chi connectivity index (χ4n) is 4.35.